The van der Waals surface area contributed by atoms with Gasteiger partial charge in [0.2, 0.25) is 5.95 Å². The van der Waals surface area contributed by atoms with Crippen LogP contribution in [0.4, 0.5) is 17.5 Å². The van der Waals surface area contributed by atoms with Crippen LogP contribution in [0.5, 0.6) is 0 Å². The van der Waals surface area contributed by atoms with E-state index < -0.39 is 0 Å². The van der Waals surface area contributed by atoms with Crippen LogP contribution < -0.4 is 14.7 Å². The summed E-state index contributed by atoms with van der Waals surface area (Å²) in [6.07, 6.45) is 8.41. The van der Waals surface area contributed by atoms with E-state index in [2.05, 4.69) is 67.0 Å². The Morgan fingerprint density at radius 1 is 0.946 bits per heavy atom. The maximum absolute atomic E-state index is 9.89. The Balaban J connectivity index is 1.23. The van der Waals surface area contributed by atoms with Gasteiger partial charge in [-0.2, -0.15) is 10.4 Å². The Labute approximate surface area is 217 Å². The summed E-state index contributed by atoms with van der Waals surface area (Å²) in [6.45, 7) is 7.27. The molecule has 190 valence electrons. The second-order valence-electron chi connectivity index (χ2n) is 9.04. The van der Waals surface area contributed by atoms with Crippen molar-refractivity contribution in [2.24, 2.45) is 5.10 Å². The van der Waals surface area contributed by atoms with Crippen LogP contribution in [-0.4, -0.2) is 79.4 Å². The van der Waals surface area contributed by atoms with Gasteiger partial charge in [0.25, 0.3) is 0 Å². The number of benzene rings is 1. The molecule has 2 aromatic heterocycles. The van der Waals surface area contributed by atoms with Crippen molar-refractivity contribution >= 4 is 23.8 Å². The first-order chi connectivity index (χ1) is 18.2. The number of piperazine rings is 1. The molecule has 0 N–H and O–H groups in total. The number of methoxy groups -OCH3 is 1. The molecule has 0 bridgehead atoms. The second kappa shape index (κ2) is 11.2. The molecule has 0 spiro atoms. The number of ether oxygens (including phenoxy) is 1. The third-order valence-corrected chi connectivity index (χ3v) is 6.70. The van der Waals surface area contributed by atoms with Crippen molar-refractivity contribution in [3.8, 4) is 17.2 Å². The van der Waals surface area contributed by atoms with Gasteiger partial charge in [0.05, 0.1) is 18.7 Å². The van der Waals surface area contributed by atoms with Gasteiger partial charge in [-0.3, -0.25) is 5.01 Å². The van der Waals surface area contributed by atoms with Crippen molar-refractivity contribution in [2.75, 3.05) is 67.8 Å². The zero-order valence-corrected chi connectivity index (χ0v) is 21.3. The molecule has 2 aliphatic rings. The molecule has 1 aromatic carbocycles. The van der Waals surface area contributed by atoms with E-state index >= 15 is 0 Å². The van der Waals surface area contributed by atoms with E-state index in [1.807, 2.05) is 36.0 Å². The van der Waals surface area contributed by atoms with Gasteiger partial charge in [-0.25, -0.2) is 15.0 Å². The molecule has 37 heavy (non-hydrogen) atoms. The Morgan fingerprint density at radius 2 is 1.68 bits per heavy atom. The highest BCUT2D eigenvalue weighted by Gasteiger charge is 2.22. The first-order valence-electron chi connectivity index (χ1n) is 12.5. The lowest BCUT2D eigenvalue weighted by Gasteiger charge is -2.35. The first-order valence-corrected chi connectivity index (χ1v) is 12.5. The summed E-state index contributed by atoms with van der Waals surface area (Å²) in [5.74, 6) is 1.49. The molecule has 2 aliphatic heterocycles. The standard InChI is InChI=1S/C27H31N9O/c1-3-21-16-30-27(31-17-21)34-10-8-33(9-11-34)26-23(15-28)14-24(18-29-26)22-4-6-25(7-5-22)35-19-32-36(20-35)12-13-37-2/h4-7,14,16-19H,3,8-13,20H2,1-2H3. The monoisotopic (exact) mass is 497 g/mol. The van der Waals surface area contributed by atoms with Gasteiger partial charge in [0.15, 0.2) is 0 Å². The van der Waals surface area contributed by atoms with E-state index in [4.69, 9.17) is 9.72 Å². The van der Waals surface area contributed by atoms with Crippen molar-refractivity contribution in [3.63, 3.8) is 0 Å². The molecule has 1 saturated heterocycles. The van der Waals surface area contributed by atoms with Crippen LogP contribution in [0.25, 0.3) is 11.1 Å². The van der Waals surface area contributed by atoms with Crippen LogP contribution in [0.2, 0.25) is 0 Å². The average molecular weight is 498 g/mol. The minimum Gasteiger partial charge on any atom is -0.383 e. The minimum absolute atomic E-state index is 0.582. The number of pyridine rings is 1. The highest BCUT2D eigenvalue weighted by molar-refractivity contribution is 5.81. The fraction of sp³-hybridized carbons (Fsp3) is 0.370. The summed E-state index contributed by atoms with van der Waals surface area (Å²) in [7, 11) is 1.69. The van der Waals surface area contributed by atoms with Gasteiger partial charge in [0, 0.05) is 63.1 Å². The third-order valence-electron chi connectivity index (χ3n) is 6.70. The summed E-state index contributed by atoms with van der Waals surface area (Å²) in [5.41, 5.74) is 4.72. The maximum atomic E-state index is 9.89. The Kier molecular flexibility index (Phi) is 7.42. The van der Waals surface area contributed by atoms with E-state index in [1.54, 1.807) is 7.11 Å². The number of hydrazone groups is 1. The molecule has 1 fully saturated rings. The molecule has 10 nitrogen and oxygen atoms in total. The molecule has 0 amide bonds. The maximum Gasteiger partial charge on any atom is 0.225 e. The van der Waals surface area contributed by atoms with Gasteiger partial charge in [-0.1, -0.05) is 19.1 Å². The van der Waals surface area contributed by atoms with E-state index in [0.29, 0.717) is 18.8 Å². The highest BCUT2D eigenvalue weighted by Crippen LogP contribution is 2.28. The predicted octanol–water partition coefficient (Wildman–Crippen LogP) is 2.97. The molecule has 10 heteroatoms. The van der Waals surface area contributed by atoms with Crippen molar-refractivity contribution in [2.45, 2.75) is 13.3 Å². The number of rotatable bonds is 8. The summed E-state index contributed by atoms with van der Waals surface area (Å²) < 4.78 is 5.13. The number of hydrogen-bond donors (Lipinski definition) is 0. The van der Waals surface area contributed by atoms with Gasteiger partial charge < -0.3 is 19.4 Å². The molecule has 3 aromatic rings. The average Bonchev–Trinajstić information content (AvgIpc) is 3.45. The van der Waals surface area contributed by atoms with E-state index in [0.717, 1.165) is 73.3 Å². The van der Waals surface area contributed by atoms with E-state index in [1.165, 1.54) is 0 Å². The number of nitrogens with zero attached hydrogens (tertiary/aromatic N) is 9. The quantitative estimate of drug-likeness (QED) is 0.465. The van der Waals surface area contributed by atoms with Crippen molar-refractivity contribution in [3.05, 3.63) is 60.0 Å². The van der Waals surface area contributed by atoms with E-state index in [9.17, 15) is 5.26 Å². The fourth-order valence-electron chi connectivity index (χ4n) is 4.46. The largest absolute Gasteiger partial charge is 0.383 e. The lowest BCUT2D eigenvalue weighted by molar-refractivity contribution is 0.156. The minimum atomic E-state index is 0.582. The summed E-state index contributed by atoms with van der Waals surface area (Å²) in [4.78, 5) is 20.2. The van der Waals surface area contributed by atoms with Crippen LogP contribution in [0.3, 0.4) is 0 Å². The number of aryl methyl sites for hydroxylation is 1. The second-order valence-corrected chi connectivity index (χ2v) is 9.04. The van der Waals surface area contributed by atoms with Gasteiger partial charge in [-0.15, -0.1) is 0 Å². The predicted molar refractivity (Wildman–Crippen MR) is 145 cm³/mol. The van der Waals surface area contributed by atoms with Gasteiger partial charge >= 0.3 is 0 Å². The van der Waals surface area contributed by atoms with Crippen LogP contribution in [0, 0.1) is 11.3 Å². The SMILES string of the molecule is CCc1cnc(N2CCN(c3ncc(-c4ccc(N5C=NN(CCOC)C5)cc4)cc3C#N)CC2)nc1. The zero-order chi connectivity index (χ0) is 25.6. The molecule has 0 saturated carbocycles. The molecule has 4 heterocycles. The summed E-state index contributed by atoms with van der Waals surface area (Å²) >= 11 is 0. The molecule has 0 aliphatic carbocycles. The Hall–Kier alpha value is -4.23. The molecular weight excluding hydrogens is 466 g/mol. The zero-order valence-electron chi connectivity index (χ0n) is 21.3. The number of nitriles is 1. The van der Waals surface area contributed by atoms with Gasteiger partial charge in [0.1, 0.15) is 24.9 Å². The van der Waals surface area contributed by atoms with Crippen LogP contribution in [-0.2, 0) is 11.2 Å². The Bertz CT molecular complexity index is 1260. The summed E-state index contributed by atoms with van der Waals surface area (Å²) in [6, 6.07) is 12.5. The fourth-order valence-corrected chi connectivity index (χ4v) is 4.46. The number of anilines is 3. The number of hydrogen-bond acceptors (Lipinski definition) is 10. The molecule has 0 unspecified atom stereocenters. The Morgan fingerprint density at radius 3 is 2.35 bits per heavy atom. The van der Waals surface area contributed by atoms with Crippen molar-refractivity contribution in [1.82, 2.24) is 20.0 Å². The molecule has 5 rings (SSSR count). The van der Waals surface area contributed by atoms with Crippen LogP contribution >= 0.6 is 0 Å². The number of aromatic nitrogens is 3. The van der Waals surface area contributed by atoms with Crippen molar-refractivity contribution < 1.29 is 4.74 Å². The molecule has 0 radical (unpaired) electrons. The molecule has 0 atom stereocenters. The molecular formula is C27H31N9O. The first kappa shape index (κ1) is 24.5. The normalized spacial score (nSPS) is 15.4. The van der Waals surface area contributed by atoms with Crippen molar-refractivity contribution in [1.29, 1.82) is 5.26 Å². The third kappa shape index (κ3) is 5.47. The van der Waals surface area contributed by atoms with E-state index in [-0.39, 0.29) is 0 Å². The lowest BCUT2D eigenvalue weighted by Crippen LogP contribution is -2.47. The lowest BCUT2D eigenvalue weighted by atomic mass is 10.0. The topological polar surface area (TPSA) is 97.0 Å². The smallest absolute Gasteiger partial charge is 0.225 e. The highest BCUT2D eigenvalue weighted by atomic mass is 16.5. The summed E-state index contributed by atoms with van der Waals surface area (Å²) in [5, 5.41) is 16.3. The van der Waals surface area contributed by atoms with Gasteiger partial charge in [-0.05, 0) is 35.7 Å². The van der Waals surface area contributed by atoms with Crippen LogP contribution in [0.15, 0.2) is 54.0 Å². The van der Waals surface area contributed by atoms with Crippen LogP contribution in [0.1, 0.15) is 18.1 Å².